The third-order valence-electron chi connectivity index (χ3n) is 5.17. The minimum atomic E-state index is 0.362. The van der Waals surface area contributed by atoms with Crippen LogP contribution in [0.2, 0.25) is 0 Å². The fourth-order valence-electron chi connectivity index (χ4n) is 3.65. The van der Waals surface area contributed by atoms with Crippen LogP contribution >= 0.6 is 11.3 Å². The molecular formula is C19H31NOS. The minimum absolute atomic E-state index is 0.362. The van der Waals surface area contributed by atoms with Crippen molar-refractivity contribution in [2.75, 3.05) is 13.1 Å². The molecule has 0 aromatic carbocycles. The van der Waals surface area contributed by atoms with Crippen molar-refractivity contribution >= 4 is 17.2 Å². The molecule has 2 heterocycles. The summed E-state index contributed by atoms with van der Waals surface area (Å²) < 4.78 is 0. The minimum Gasteiger partial charge on any atom is -0.342 e. The summed E-state index contributed by atoms with van der Waals surface area (Å²) in [6.07, 6.45) is 5.27. The molecule has 0 saturated carbocycles. The molecule has 3 unspecified atom stereocenters. The molecule has 2 rings (SSSR count). The van der Waals surface area contributed by atoms with E-state index in [-0.39, 0.29) is 0 Å². The Bertz CT molecular complexity index is 482. The Hall–Kier alpha value is -0.830. The highest BCUT2D eigenvalue weighted by Gasteiger charge is 2.29. The first kappa shape index (κ1) is 17.5. The quantitative estimate of drug-likeness (QED) is 0.729. The largest absolute Gasteiger partial charge is 0.342 e. The summed E-state index contributed by atoms with van der Waals surface area (Å²) in [5.74, 6) is 2.47. The Balaban J connectivity index is 1.89. The zero-order chi connectivity index (χ0) is 16.1. The van der Waals surface area contributed by atoms with Crippen molar-refractivity contribution in [1.82, 2.24) is 4.90 Å². The number of piperidine rings is 1. The third kappa shape index (κ3) is 4.58. The molecule has 1 aliphatic rings. The maximum absolute atomic E-state index is 12.2. The summed E-state index contributed by atoms with van der Waals surface area (Å²) in [6.45, 7) is 11.0. The van der Waals surface area contributed by atoms with Gasteiger partial charge in [-0.15, -0.1) is 11.3 Å². The second kappa shape index (κ2) is 8.14. The van der Waals surface area contributed by atoms with Crippen LogP contribution < -0.4 is 0 Å². The lowest BCUT2D eigenvalue weighted by Gasteiger charge is -2.38. The van der Waals surface area contributed by atoms with Crippen LogP contribution in [0, 0.1) is 24.7 Å². The summed E-state index contributed by atoms with van der Waals surface area (Å²) in [7, 11) is 0. The van der Waals surface area contributed by atoms with Gasteiger partial charge in [-0.05, 0) is 67.4 Å². The lowest BCUT2D eigenvalue weighted by molar-refractivity contribution is -0.133. The van der Waals surface area contributed by atoms with E-state index in [1.54, 1.807) is 0 Å². The van der Waals surface area contributed by atoms with Crippen molar-refractivity contribution < 1.29 is 4.79 Å². The molecule has 2 nitrogen and oxygen atoms in total. The second-order valence-corrected chi connectivity index (χ2v) is 8.28. The molecule has 1 saturated heterocycles. The van der Waals surface area contributed by atoms with E-state index in [2.05, 4.69) is 44.0 Å². The third-order valence-corrected chi connectivity index (χ3v) is 6.06. The number of rotatable bonds is 6. The molecule has 0 radical (unpaired) electrons. The smallest absolute Gasteiger partial charge is 0.222 e. The number of hydrogen-bond donors (Lipinski definition) is 0. The molecule has 0 spiro atoms. The number of aryl methyl sites for hydroxylation is 1. The van der Waals surface area contributed by atoms with Gasteiger partial charge in [0.05, 0.1) is 0 Å². The average molecular weight is 322 g/mol. The lowest BCUT2D eigenvalue weighted by Crippen LogP contribution is -2.43. The van der Waals surface area contributed by atoms with Crippen LogP contribution in [0.5, 0.6) is 0 Å². The van der Waals surface area contributed by atoms with Crippen LogP contribution in [0.25, 0.3) is 0 Å². The number of carbonyl (C=O) groups excluding carboxylic acids is 1. The van der Waals surface area contributed by atoms with Crippen LogP contribution in [0.3, 0.4) is 0 Å². The number of hydrogen-bond acceptors (Lipinski definition) is 2. The fraction of sp³-hybridized carbons (Fsp3) is 0.737. The van der Waals surface area contributed by atoms with E-state index in [9.17, 15) is 4.79 Å². The first-order valence-corrected chi connectivity index (χ1v) is 9.70. The van der Waals surface area contributed by atoms with Gasteiger partial charge in [0.15, 0.2) is 0 Å². The van der Waals surface area contributed by atoms with E-state index in [1.165, 1.54) is 29.7 Å². The zero-order valence-electron chi connectivity index (χ0n) is 14.6. The molecule has 22 heavy (non-hydrogen) atoms. The van der Waals surface area contributed by atoms with Gasteiger partial charge in [-0.1, -0.05) is 20.8 Å². The van der Waals surface area contributed by atoms with Crippen LogP contribution in [0.4, 0.5) is 0 Å². The van der Waals surface area contributed by atoms with Crippen molar-refractivity contribution in [3.05, 3.63) is 21.9 Å². The van der Waals surface area contributed by atoms with Gasteiger partial charge >= 0.3 is 0 Å². The van der Waals surface area contributed by atoms with Gasteiger partial charge in [-0.3, -0.25) is 4.79 Å². The van der Waals surface area contributed by atoms with Gasteiger partial charge in [0, 0.05) is 24.4 Å². The fourth-order valence-corrected chi connectivity index (χ4v) is 4.39. The van der Waals surface area contributed by atoms with E-state index in [0.29, 0.717) is 24.2 Å². The summed E-state index contributed by atoms with van der Waals surface area (Å²) in [4.78, 5) is 15.7. The van der Waals surface area contributed by atoms with E-state index >= 15 is 0 Å². The first-order chi connectivity index (χ1) is 10.5. The zero-order valence-corrected chi connectivity index (χ0v) is 15.4. The molecule has 0 aliphatic carbocycles. The number of amides is 1. The summed E-state index contributed by atoms with van der Waals surface area (Å²) >= 11 is 1.85. The molecule has 124 valence electrons. The van der Waals surface area contributed by atoms with Crippen LogP contribution in [0.1, 0.15) is 56.9 Å². The first-order valence-electron chi connectivity index (χ1n) is 8.82. The van der Waals surface area contributed by atoms with Crippen molar-refractivity contribution in [2.45, 2.75) is 59.8 Å². The summed E-state index contributed by atoms with van der Waals surface area (Å²) in [6, 6.07) is 2.28. The maximum Gasteiger partial charge on any atom is 0.222 e. The molecule has 1 aromatic heterocycles. The van der Waals surface area contributed by atoms with E-state index in [4.69, 9.17) is 0 Å². The molecular weight excluding hydrogens is 290 g/mol. The number of thiophene rings is 1. The summed E-state index contributed by atoms with van der Waals surface area (Å²) in [5, 5.41) is 2.20. The highest BCUT2D eigenvalue weighted by Crippen LogP contribution is 2.31. The topological polar surface area (TPSA) is 20.3 Å². The predicted octanol–water partition coefficient (Wildman–Crippen LogP) is 4.91. The number of carbonyl (C=O) groups is 1. The number of likely N-dealkylation sites (tertiary alicyclic amines) is 1. The Morgan fingerprint density at radius 1 is 1.50 bits per heavy atom. The van der Waals surface area contributed by atoms with Crippen LogP contribution in [-0.2, 0) is 11.2 Å². The van der Waals surface area contributed by atoms with Gasteiger partial charge in [-0.2, -0.15) is 0 Å². The highest BCUT2D eigenvalue weighted by molar-refractivity contribution is 7.10. The molecule has 1 aromatic rings. The van der Waals surface area contributed by atoms with Crippen molar-refractivity contribution in [3.63, 3.8) is 0 Å². The van der Waals surface area contributed by atoms with Crippen molar-refractivity contribution in [2.24, 2.45) is 17.8 Å². The molecule has 1 aliphatic heterocycles. The van der Waals surface area contributed by atoms with E-state index < -0.39 is 0 Å². The standard InChI is InChI=1S/C19H31NOS/c1-5-6-19(21)20-9-7-15(3)18(13-20)12-14(2)11-17-8-10-22-16(17)4/h8,10,14-15,18H,5-7,9,11-13H2,1-4H3. The van der Waals surface area contributed by atoms with Crippen molar-refractivity contribution in [1.29, 1.82) is 0 Å². The molecule has 3 atom stereocenters. The SMILES string of the molecule is CCCC(=O)N1CCC(C)C(CC(C)Cc2ccsc2C)C1. The summed E-state index contributed by atoms with van der Waals surface area (Å²) in [5.41, 5.74) is 1.51. The van der Waals surface area contributed by atoms with Gasteiger partial charge in [0.1, 0.15) is 0 Å². The van der Waals surface area contributed by atoms with Gasteiger partial charge in [0.25, 0.3) is 0 Å². The average Bonchev–Trinajstić information content (AvgIpc) is 2.87. The van der Waals surface area contributed by atoms with Gasteiger partial charge < -0.3 is 4.90 Å². The normalized spacial score (nSPS) is 23.5. The monoisotopic (exact) mass is 321 g/mol. The molecule has 1 fully saturated rings. The Kier molecular flexibility index (Phi) is 6.49. The van der Waals surface area contributed by atoms with Crippen LogP contribution in [0.15, 0.2) is 11.4 Å². The Morgan fingerprint density at radius 3 is 2.91 bits per heavy atom. The Morgan fingerprint density at radius 2 is 2.27 bits per heavy atom. The van der Waals surface area contributed by atoms with Gasteiger partial charge in [-0.25, -0.2) is 0 Å². The molecule has 3 heteroatoms. The highest BCUT2D eigenvalue weighted by atomic mass is 32.1. The van der Waals surface area contributed by atoms with E-state index in [1.807, 2.05) is 11.3 Å². The molecule has 0 N–H and O–H groups in total. The lowest BCUT2D eigenvalue weighted by atomic mass is 9.80. The van der Waals surface area contributed by atoms with Gasteiger partial charge in [0.2, 0.25) is 5.91 Å². The molecule has 1 amide bonds. The van der Waals surface area contributed by atoms with E-state index in [0.717, 1.165) is 25.4 Å². The Labute approximate surface area is 139 Å². The van der Waals surface area contributed by atoms with Crippen LogP contribution in [-0.4, -0.2) is 23.9 Å². The predicted molar refractivity (Wildman–Crippen MR) is 95.3 cm³/mol. The van der Waals surface area contributed by atoms with Crippen molar-refractivity contribution in [3.8, 4) is 0 Å². The number of nitrogens with zero attached hydrogens (tertiary/aromatic N) is 1. The maximum atomic E-state index is 12.2. The molecule has 0 bridgehead atoms. The second-order valence-electron chi connectivity index (χ2n) is 7.16.